The van der Waals surface area contributed by atoms with Crippen LogP contribution in [0.5, 0.6) is 0 Å². The Hall–Kier alpha value is -3.71. The fourth-order valence-corrected chi connectivity index (χ4v) is 5.23. The monoisotopic (exact) mass is 483 g/mol. The Morgan fingerprint density at radius 3 is 2.67 bits per heavy atom. The number of benzene rings is 1. The van der Waals surface area contributed by atoms with E-state index in [2.05, 4.69) is 41.0 Å². The lowest BCUT2D eigenvalue weighted by Gasteiger charge is -2.29. The molecule has 186 valence electrons. The maximum atomic E-state index is 13.4. The second-order valence-corrected chi connectivity index (χ2v) is 9.55. The summed E-state index contributed by atoms with van der Waals surface area (Å²) in [7, 11) is 0. The Balaban J connectivity index is 1.46. The number of carbonyl (C=O) groups excluding carboxylic acids is 2. The molecule has 0 fully saturated rings. The van der Waals surface area contributed by atoms with Gasteiger partial charge in [-0.05, 0) is 67.9 Å². The van der Waals surface area contributed by atoms with Crippen molar-refractivity contribution in [2.45, 2.75) is 34.1 Å². The predicted molar refractivity (Wildman–Crippen MR) is 144 cm³/mol. The molecule has 0 saturated heterocycles. The van der Waals surface area contributed by atoms with Crippen LogP contribution in [0.3, 0.4) is 0 Å². The van der Waals surface area contributed by atoms with Gasteiger partial charge in [0.2, 0.25) is 0 Å². The van der Waals surface area contributed by atoms with Gasteiger partial charge < -0.3 is 20.1 Å². The Morgan fingerprint density at radius 1 is 1.11 bits per heavy atom. The van der Waals surface area contributed by atoms with Gasteiger partial charge in [-0.15, -0.1) is 0 Å². The van der Waals surface area contributed by atoms with Crippen LogP contribution in [0.1, 0.15) is 52.3 Å². The number of likely N-dealkylation sites (N-methyl/N-ethyl adjacent to an activating group) is 1. The van der Waals surface area contributed by atoms with Crippen LogP contribution in [0.25, 0.3) is 22.8 Å². The molecule has 0 bridgehead atoms. The molecular formula is C29H33N5O2. The van der Waals surface area contributed by atoms with E-state index in [4.69, 9.17) is 0 Å². The van der Waals surface area contributed by atoms with Crippen molar-refractivity contribution in [1.29, 1.82) is 0 Å². The number of nitrogens with zero attached hydrogens (tertiary/aromatic N) is 3. The van der Waals surface area contributed by atoms with E-state index in [1.807, 2.05) is 48.4 Å². The number of rotatable bonds is 7. The Morgan fingerprint density at radius 2 is 1.92 bits per heavy atom. The third kappa shape index (κ3) is 4.24. The zero-order chi connectivity index (χ0) is 25.4. The van der Waals surface area contributed by atoms with Crippen molar-refractivity contribution in [3.63, 3.8) is 0 Å². The molecule has 0 aliphatic carbocycles. The number of amides is 2. The number of aryl methyl sites for hydroxylation is 1. The Bertz CT molecular complexity index is 1370. The molecular weight excluding hydrogens is 450 g/mol. The lowest BCUT2D eigenvalue weighted by molar-refractivity contribution is -0.110. The summed E-state index contributed by atoms with van der Waals surface area (Å²) in [5, 5.41) is 2.98. The molecule has 1 aromatic carbocycles. The minimum Gasteiger partial charge on any atom is -0.358 e. The molecule has 7 heteroatoms. The van der Waals surface area contributed by atoms with E-state index in [0.717, 1.165) is 83.1 Å². The third-order valence-corrected chi connectivity index (χ3v) is 7.52. The molecule has 3 aromatic rings. The fourth-order valence-electron chi connectivity index (χ4n) is 5.23. The first kappa shape index (κ1) is 24.0. The molecule has 2 aliphatic rings. The number of nitrogens with one attached hydrogen (secondary N) is 2. The molecule has 2 aromatic heterocycles. The molecule has 36 heavy (non-hydrogen) atoms. The summed E-state index contributed by atoms with van der Waals surface area (Å²) in [6.07, 6.45) is 6.31. The summed E-state index contributed by atoms with van der Waals surface area (Å²) in [5.74, 6) is -0.0587. The average Bonchev–Trinajstić information content (AvgIpc) is 3.37. The van der Waals surface area contributed by atoms with Crippen LogP contribution >= 0.6 is 0 Å². The van der Waals surface area contributed by atoms with Crippen molar-refractivity contribution < 1.29 is 9.59 Å². The number of H-pyrrole nitrogens is 1. The van der Waals surface area contributed by atoms with Crippen LogP contribution in [-0.2, 0) is 11.2 Å². The number of carbonyl (C=O) groups is 2. The highest BCUT2D eigenvalue weighted by Gasteiger charge is 2.30. The van der Waals surface area contributed by atoms with E-state index in [1.165, 1.54) is 0 Å². The lowest BCUT2D eigenvalue weighted by atomic mass is 9.97. The van der Waals surface area contributed by atoms with Gasteiger partial charge in [0.1, 0.15) is 0 Å². The maximum absolute atomic E-state index is 13.4. The third-order valence-electron chi connectivity index (χ3n) is 7.52. The van der Waals surface area contributed by atoms with Gasteiger partial charge in [-0.2, -0.15) is 0 Å². The molecule has 2 amide bonds. The molecule has 2 N–H and O–H groups in total. The van der Waals surface area contributed by atoms with Crippen LogP contribution in [0.2, 0.25) is 0 Å². The van der Waals surface area contributed by atoms with Crippen LogP contribution in [-0.4, -0.2) is 64.3 Å². The van der Waals surface area contributed by atoms with E-state index in [1.54, 1.807) is 6.20 Å². The molecule has 0 atom stereocenters. The van der Waals surface area contributed by atoms with Crippen LogP contribution in [0.4, 0.5) is 5.69 Å². The minimum absolute atomic E-state index is 0.0763. The first-order valence-corrected chi connectivity index (χ1v) is 12.7. The van der Waals surface area contributed by atoms with Crippen molar-refractivity contribution in [2.75, 3.05) is 38.0 Å². The zero-order valence-corrected chi connectivity index (χ0v) is 21.4. The summed E-state index contributed by atoms with van der Waals surface area (Å²) in [4.78, 5) is 38.3. The molecule has 0 saturated carbocycles. The van der Waals surface area contributed by atoms with Crippen molar-refractivity contribution in [2.24, 2.45) is 0 Å². The summed E-state index contributed by atoms with van der Waals surface area (Å²) < 4.78 is 0. The highest BCUT2D eigenvalue weighted by molar-refractivity contribution is 6.35. The molecule has 7 nitrogen and oxygen atoms in total. The first-order valence-electron chi connectivity index (χ1n) is 12.7. The average molecular weight is 484 g/mol. The Labute approximate surface area is 212 Å². The molecule has 4 heterocycles. The van der Waals surface area contributed by atoms with Gasteiger partial charge in [-0.3, -0.25) is 14.6 Å². The molecule has 5 rings (SSSR count). The number of aromatic amines is 1. The van der Waals surface area contributed by atoms with Crippen LogP contribution in [0, 0.1) is 13.8 Å². The van der Waals surface area contributed by atoms with Gasteiger partial charge in [0, 0.05) is 66.7 Å². The predicted octanol–water partition coefficient (Wildman–Crippen LogP) is 4.53. The fraction of sp³-hybridized carbons (Fsp3) is 0.345. The SMILES string of the molecule is CCN(CC)CCN1CCc2[nH]c(C=C3C(=O)Nc4ccc(-c5cnccc5C)cc43)c(C)c2C1=O. The lowest BCUT2D eigenvalue weighted by Crippen LogP contribution is -2.42. The highest BCUT2D eigenvalue weighted by Crippen LogP contribution is 2.37. The smallest absolute Gasteiger partial charge is 0.256 e. The van der Waals surface area contributed by atoms with E-state index < -0.39 is 0 Å². The minimum atomic E-state index is -0.135. The van der Waals surface area contributed by atoms with E-state index in [9.17, 15) is 9.59 Å². The van der Waals surface area contributed by atoms with Gasteiger partial charge in [-0.1, -0.05) is 19.9 Å². The summed E-state index contributed by atoms with van der Waals surface area (Å²) in [6, 6.07) is 7.98. The number of hydrogen-bond donors (Lipinski definition) is 2. The van der Waals surface area contributed by atoms with Crippen molar-refractivity contribution >= 4 is 29.2 Å². The van der Waals surface area contributed by atoms with Gasteiger partial charge in [0.25, 0.3) is 11.8 Å². The zero-order valence-electron chi connectivity index (χ0n) is 21.4. The van der Waals surface area contributed by atoms with Crippen LogP contribution < -0.4 is 5.32 Å². The van der Waals surface area contributed by atoms with Crippen LogP contribution in [0.15, 0.2) is 36.7 Å². The van der Waals surface area contributed by atoms with Crippen molar-refractivity contribution in [3.05, 3.63) is 70.3 Å². The highest BCUT2D eigenvalue weighted by atomic mass is 16.2. The second kappa shape index (κ2) is 9.74. The summed E-state index contributed by atoms with van der Waals surface area (Å²) in [5.41, 5.74) is 8.88. The number of pyridine rings is 1. The van der Waals surface area contributed by atoms with Gasteiger partial charge >= 0.3 is 0 Å². The Kier molecular flexibility index (Phi) is 6.49. The standard InChI is InChI=1S/C29H33N5O2/c1-5-33(6-2)13-14-34-12-10-25-27(29(34)36)19(4)26(31-25)16-22-21-15-20(7-8-24(21)32-28(22)35)23-17-30-11-9-18(23)3/h7-9,11,15-17,31H,5-6,10,12-14H2,1-4H3,(H,32,35). The van der Waals surface area contributed by atoms with Gasteiger partial charge in [0.05, 0.1) is 11.1 Å². The molecule has 0 unspecified atom stereocenters. The molecule has 0 radical (unpaired) electrons. The summed E-state index contributed by atoms with van der Waals surface area (Å²) >= 11 is 0. The number of hydrogen-bond acceptors (Lipinski definition) is 4. The van der Waals surface area contributed by atoms with Gasteiger partial charge in [-0.25, -0.2) is 0 Å². The van der Waals surface area contributed by atoms with Crippen molar-refractivity contribution in [3.8, 4) is 11.1 Å². The quantitative estimate of drug-likeness (QED) is 0.484. The van der Waals surface area contributed by atoms with E-state index in [0.29, 0.717) is 12.1 Å². The number of anilines is 1. The van der Waals surface area contributed by atoms with Crippen molar-refractivity contribution in [1.82, 2.24) is 19.8 Å². The maximum Gasteiger partial charge on any atom is 0.256 e. The first-order chi connectivity index (χ1) is 17.4. The normalized spacial score (nSPS) is 16.0. The van der Waals surface area contributed by atoms with E-state index >= 15 is 0 Å². The van der Waals surface area contributed by atoms with Gasteiger partial charge in [0.15, 0.2) is 0 Å². The molecule has 2 aliphatic heterocycles. The topological polar surface area (TPSA) is 81.3 Å². The van der Waals surface area contributed by atoms with E-state index in [-0.39, 0.29) is 11.8 Å². The second-order valence-electron chi connectivity index (χ2n) is 9.55. The largest absolute Gasteiger partial charge is 0.358 e. The molecule has 0 spiro atoms. The number of aromatic nitrogens is 2. The number of fused-ring (bicyclic) bond motifs is 2. The summed E-state index contributed by atoms with van der Waals surface area (Å²) in [6.45, 7) is 12.6.